The average molecular weight is 248 g/mol. The molecule has 18 heavy (non-hydrogen) atoms. The summed E-state index contributed by atoms with van der Waals surface area (Å²) in [6, 6.07) is 1.64. The highest BCUT2D eigenvalue weighted by Crippen LogP contribution is 2.41. The molecule has 2 rings (SSSR count). The molecule has 1 saturated carbocycles. The van der Waals surface area contributed by atoms with Crippen LogP contribution in [0.3, 0.4) is 0 Å². The molecule has 1 N–H and O–H groups in total. The minimum Gasteiger partial charge on any atom is -0.310 e. The Morgan fingerprint density at radius 1 is 1.39 bits per heavy atom. The number of aryl methyl sites for hydroxylation is 1. The second-order valence-electron chi connectivity index (χ2n) is 6.31. The molecule has 1 aliphatic rings. The van der Waals surface area contributed by atoms with Gasteiger partial charge in [0.1, 0.15) is 5.82 Å². The summed E-state index contributed by atoms with van der Waals surface area (Å²) in [7, 11) is 0. The third-order valence-corrected chi connectivity index (χ3v) is 4.05. The fourth-order valence-electron chi connectivity index (χ4n) is 2.78. The predicted molar refractivity (Wildman–Crippen MR) is 73.8 cm³/mol. The normalized spacial score (nSPS) is 19.9. The molecule has 1 fully saturated rings. The molecular formula is C15H24N2O. The fourth-order valence-corrected chi connectivity index (χ4v) is 2.78. The SMILES string of the molecule is CCCc1cc(=O)[nH]c(C2CCC(C)(C)CC2)n1. The molecule has 3 heteroatoms. The van der Waals surface area contributed by atoms with Crippen LogP contribution in [0.15, 0.2) is 10.9 Å². The van der Waals surface area contributed by atoms with Gasteiger partial charge in [-0.2, -0.15) is 0 Å². The molecule has 1 aromatic heterocycles. The number of nitrogens with one attached hydrogen (secondary N) is 1. The summed E-state index contributed by atoms with van der Waals surface area (Å²) in [6.45, 7) is 6.77. The van der Waals surface area contributed by atoms with E-state index in [0.29, 0.717) is 11.3 Å². The lowest BCUT2D eigenvalue weighted by Crippen LogP contribution is -2.23. The van der Waals surface area contributed by atoms with Gasteiger partial charge in [0.2, 0.25) is 0 Å². The van der Waals surface area contributed by atoms with Crippen molar-refractivity contribution in [3.05, 3.63) is 27.9 Å². The Hall–Kier alpha value is -1.12. The van der Waals surface area contributed by atoms with E-state index in [0.717, 1.165) is 37.2 Å². The first kappa shape index (κ1) is 13.3. The van der Waals surface area contributed by atoms with Crippen molar-refractivity contribution in [2.45, 2.75) is 65.2 Å². The Bertz CT molecular complexity index is 452. The van der Waals surface area contributed by atoms with Crippen molar-refractivity contribution in [1.29, 1.82) is 0 Å². The van der Waals surface area contributed by atoms with E-state index in [9.17, 15) is 4.79 Å². The maximum absolute atomic E-state index is 11.7. The van der Waals surface area contributed by atoms with Crippen LogP contribution in [0.2, 0.25) is 0 Å². The van der Waals surface area contributed by atoms with Crippen LogP contribution >= 0.6 is 0 Å². The number of nitrogens with zero attached hydrogens (tertiary/aromatic N) is 1. The number of aromatic nitrogens is 2. The molecule has 100 valence electrons. The molecule has 0 saturated heterocycles. The lowest BCUT2D eigenvalue weighted by molar-refractivity contribution is 0.220. The second-order valence-corrected chi connectivity index (χ2v) is 6.31. The topological polar surface area (TPSA) is 45.8 Å². The largest absolute Gasteiger partial charge is 0.310 e. The van der Waals surface area contributed by atoms with E-state index < -0.39 is 0 Å². The monoisotopic (exact) mass is 248 g/mol. The van der Waals surface area contributed by atoms with Crippen LogP contribution in [-0.2, 0) is 6.42 Å². The molecular weight excluding hydrogens is 224 g/mol. The van der Waals surface area contributed by atoms with Crippen molar-refractivity contribution >= 4 is 0 Å². The molecule has 0 atom stereocenters. The van der Waals surface area contributed by atoms with Crippen LogP contribution in [0, 0.1) is 5.41 Å². The van der Waals surface area contributed by atoms with Crippen molar-refractivity contribution in [1.82, 2.24) is 9.97 Å². The van der Waals surface area contributed by atoms with Gasteiger partial charge in [-0.1, -0.05) is 27.2 Å². The quantitative estimate of drug-likeness (QED) is 0.891. The van der Waals surface area contributed by atoms with E-state index in [1.165, 1.54) is 12.8 Å². The highest BCUT2D eigenvalue weighted by Gasteiger charge is 2.28. The van der Waals surface area contributed by atoms with E-state index in [-0.39, 0.29) is 5.56 Å². The van der Waals surface area contributed by atoms with E-state index in [1.807, 2.05) is 0 Å². The second kappa shape index (κ2) is 5.25. The Labute approximate surface area is 109 Å². The molecule has 1 aromatic rings. The van der Waals surface area contributed by atoms with Crippen molar-refractivity contribution in [2.24, 2.45) is 5.41 Å². The van der Waals surface area contributed by atoms with Gasteiger partial charge in [-0.15, -0.1) is 0 Å². The molecule has 0 bridgehead atoms. The van der Waals surface area contributed by atoms with Crippen molar-refractivity contribution < 1.29 is 0 Å². The van der Waals surface area contributed by atoms with E-state index in [2.05, 4.69) is 30.7 Å². The average Bonchev–Trinajstić information content (AvgIpc) is 2.28. The van der Waals surface area contributed by atoms with E-state index in [1.54, 1.807) is 6.07 Å². The van der Waals surface area contributed by atoms with Crippen molar-refractivity contribution in [3.63, 3.8) is 0 Å². The number of H-pyrrole nitrogens is 1. The summed E-state index contributed by atoms with van der Waals surface area (Å²) in [4.78, 5) is 19.2. The Morgan fingerprint density at radius 2 is 2.06 bits per heavy atom. The van der Waals surface area contributed by atoms with E-state index >= 15 is 0 Å². The number of hydrogen-bond acceptors (Lipinski definition) is 2. The van der Waals surface area contributed by atoms with Crippen LogP contribution in [-0.4, -0.2) is 9.97 Å². The van der Waals surface area contributed by atoms with Gasteiger partial charge in [-0.05, 0) is 37.5 Å². The van der Waals surface area contributed by atoms with Gasteiger partial charge in [0.25, 0.3) is 5.56 Å². The number of aromatic amines is 1. The Balaban J connectivity index is 2.16. The molecule has 1 aliphatic carbocycles. The summed E-state index contributed by atoms with van der Waals surface area (Å²) in [5.41, 5.74) is 1.41. The fraction of sp³-hybridized carbons (Fsp3) is 0.733. The van der Waals surface area contributed by atoms with Crippen LogP contribution < -0.4 is 5.56 Å². The maximum Gasteiger partial charge on any atom is 0.251 e. The van der Waals surface area contributed by atoms with Gasteiger partial charge in [0.15, 0.2) is 0 Å². The van der Waals surface area contributed by atoms with Gasteiger partial charge in [0.05, 0.1) is 0 Å². The van der Waals surface area contributed by atoms with E-state index in [4.69, 9.17) is 0 Å². The Kier molecular flexibility index (Phi) is 3.88. The smallest absolute Gasteiger partial charge is 0.251 e. The third-order valence-electron chi connectivity index (χ3n) is 4.05. The zero-order valence-electron chi connectivity index (χ0n) is 11.8. The van der Waals surface area contributed by atoms with Crippen molar-refractivity contribution in [3.8, 4) is 0 Å². The number of hydrogen-bond donors (Lipinski definition) is 1. The van der Waals surface area contributed by atoms with Crippen molar-refractivity contribution in [2.75, 3.05) is 0 Å². The number of rotatable bonds is 3. The minimum atomic E-state index is 0.00767. The summed E-state index contributed by atoms with van der Waals surface area (Å²) < 4.78 is 0. The predicted octanol–water partition coefficient (Wildman–Crippen LogP) is 3.41. The van der Waals surface area contributed by atoms with Gasteiger partial charge < -0.3 is 4.98 Å². The first-order valence-electron chi connectivity index (χ1n) is 7.10. The molecule has 0 spiro atoms. The molecule has 0 unspecified atom stereocenters. The maximum atomic E-state index is 11.7. The first-order chi connectivity index (χ1) is 8.50. The standard InChI is InChI=1S/C15H24N2O/c1-4-5-12-10-13(18)17-14(16-12)11-6-8-15(2,3)9-7-11/h10-11H,4-9H2,1-3H3,(H,16,17,18). The Morgan fingerprint density at radius 3 is 2.67 bits per heavy atom. The highest BCUT2D eigenvalue weighted by atomic mass is 16.1. The van der Waals surface area contributed by atoms with Crippen LogP contribution in [0.4, 0.5) is 0 Å². The molecule has 3 nitrogen and oxygen atoms in total. The van der Waals surface area contributed by atoms with Gasteiger partial charge in [-0.3, -0.25) is 4.79 Å². The van der Waals surface area contributed by atoms with Gasteiger partial charge in [0, 0.05) is 17.7 Å². The van der Waals surface area contributed by atoms with Crippen LogP contribution in [0.25, 0.3) is 0 Å². The summed E-state index contributed by atoms with van der Waals surface area (Å²) >= 11 is 0. The molecule has 0 radical (unpaired) electrons. The lowest BCUT2D eigenvalue weighted by atomic mass is 9.73. The summed E-state index contributed by atoms with van der Waals surface area (Å²) in [5, 5.41) is 0. The first-order valence-corrected chi connectivity index (χ1v) is 7.10. The van der Waals surface area contributed by atoms with Gasteiger partial charge >= 0.3 is 0 Å². The lowest BCUT2D eigenvalue weighted by Gasteiger charge is -2.33. The molecule has 0 aromatic carbocycles. The third kappa shape index (κ3) is 3.21. The van der Waals surface area contributed by atoms with Gasteiger partial charge in [-0.25, -0.2) is 4.98 Å². The molecule has 0 amide bonds. The van der Waals surface area contributed by atoms with Crippen LogP contribution in [0.1, 0.15) is 70.3 Å². The minimum absolute atomic E-state index is 0.00767. The highest BCUT2D eigenvalue weighted by molar-refractivity contribution is 5.07. The summed E-state index contributed by atoms with van der Waals surface area (Å²) in [6.07, 6.45) is 6.67. The summed E-state index contributed by atoms with van der Waals surface area (Å²) in [5.74, 6) is 1.36. The zero-order chi connectivity index (χ0) is 13.2. The zero-order valence-corrected chi connectivity index (χ0v) is 11.8. The molecule has 1 heterocycles. The van der Waals surface area contributed by atoms with Crippen LogP contribution in [0.5, 0.6) is 0 Å². The molecule has 0 aliphatic heterocycles.